The van der Waals surface area contributed by atoms with Gasteiger partial charge < -0.3 is 15.7 Å². The fourth-order valence-electron chi connectivity index (χ4n) is 2.89. The predicted molar refractivity (Wildman–Crippen MR) is 77.7 cm³/mol. The molecule has 1 fully saturated rings. The summed E-state index contributed by atoms with van der Waals surface area (Å²) in [5, 5.41) is 9.90. The summed E-state index contributed by atoms with van der Waals surface area (Å²) in [6.07, 6.45) is 0.665. The highest BCUT2D eigenvalue weighted by atomic mass is 16.3. The number of nitrogens with two attached hydrogens (primary N) is 1. The van der Waals surface area contributed by atoms with Crippen LogP contribution in [0.5, 0.6) is 0 Å². The Kier molecular flexibility index (Phi) is 4.93. The molecule has 0 aliphatic carbocycles. The summed E-state index contributed by atoms with van der Waals surface area (Å²) in [6, 6.07) is 8.74. The lowest BCUT2D eigenvalue weighted by molar-refractivity contribution is 0.169. The van der Waals surface area contributed by atoms with Gasteiger partial charge in [0.25, 0.3) is 0 Å². The first kappa shape index (κ1) is 14.5. The number of likely N-dealkylation sites (N-methyl/N-ethyl adjacent to an activating group) is 1. The van der Waals surface area contributed by atoms with E-state index in [1.807, 2.05) is 6.07 Å². The third-order valence-corrected chi connectivity index (χ3v) is 3.79. The van der Waals surface area contributed by atoms with Crippen LogP contribution in [-0.2, 0) is 13.1 Å². The molecule has 4 nitrogen and oxygen atoms in total. The zero-order valence-electron chi connectivity index (χ0n) is 11.9. The van der Waals surface area contributed by atoms with Crippen molar-refractivity contribution >= 4 is 0 Å². The SMILES string of the molecule is CN(C)CC1CC(O)CN1Cc1ccccc1CN. The summed E-state index contributed by atoms with van der Waals surface area (Å²) >= 11 is 0. The summed E-state index contributed by atoms with van der Waals surface area (Å²) in [4.78, 5) is 4.56. The van der Waals surface area contributed by atoms with Crippen molar-refractivity contribution in [1.29, 1.82) is 0 Å². The number of hydrogen-bond donors (Lipinski definition) is 2. The minimum absolute atomic E-state index is 0.199. The summed E-state index contributed by atoms with van der Waals surface area (Å²) in [5.41, 5.74) is 8.27. The topological polar surface area (TPSA) is 52.7 Å². The Balaban J connectivity index is 2.07. The number of aliphatic hydroxyl groups is 1. The molecule has 0 amide bonds. The van der Waals surface area contributed by atoms with Gasteiger partial charge in [0.15, 0.2) is 0 Å². The van der Waals surface area contributed by atoms with Crippen LogP contribution in [0, 0.1) is 0 Å². The van der Waals surface area contributed by atoms with E-state index in [9.17, 15) is 5.11 Å². The van der Waals surface area contributed by atoms with Crippen molar-refractivity contribution in [2.24, 2.45) is 5.73 Å². The van der Waals surface area contributed by atoms with Crippen LogP contribution in [0.4, 0.5) is 0 Å². The molecule has 0 spiro atoms. The van der Waals surface area contributed by atoms with Gasteiger partial charge in [-0.25, -0.2) is 0 Å². The van der Waals surface area contributed by atoms with Crippen LogP contribution in [0.2, 0.25) is 0 Å². The van der Waals surface area contributed by atoms with Gasteiger partial charge >= 0.3 is 0 Å². The van der Waals surface area contributed by atoms with E-state index in [2.05, 4.69) is 42.1 Å². The fourth-order valence-corrected chi connectivity index (χ4v) is 2.89. The third-order valence-electron chi connectivity index (χ3n) is 3.79. The van der Waals surface area contributed by atoms with Crippen LogP contribution < -0.4 is 5.73 Å². The van der Waals surface area contributed by atoms with Crippen molar-refractivity contribution in [3.8, 4) is 0 Å². The van der Waals surface area contributed by atoms with Crippen LogP contribution in [0.25, 0.3) is 0 Å². The molecule has 2 atom stereocenters. The molecule has 19 heavy (non-hydrogen) atoms. The highest BCUT2D eigenvalue weighted by Crippen LogP contribution is 2.22. The molecule has 3 N–H and O–H groups in total. The van der Waals surface area contributed by atoms with Gasteiger partial charge in [-0.05, 0) is 31.6 Å². The van der Waals surface area contributed by atoms with E-state index < -0.39 is 0 Å². The maximum Gasteiger partial charge on any atom is 0.0682 e. The van der Waals surface area contributed by atoms with E-state index in [4.69, 9.17) is 5.73 Å². The zero-order valence-corrected chi connectivity index (χ0v) is 11.9. The Hall–Kier alpha value is -0.940. The van der Waals surface area contributed by atoms with E-state index in [0.717, 1.165) is 26.1 Å². The van der Waals surface area contributed by atoms with Crippen molar-refractivity contribution in [2.75, 3.05) is 27.2 Å². The summed E-state index contributed by atoms with van der Waals surface area (Å²) in [5.74, 6) is 0. The maximum atomic E-state index is 9.90. The monoisotopic (exact) mass is 263 g/mol. The Morgan fingerprint density at radius 1 is 1.32 bits per heavy atom. The van der Waals surface area contributed by atoms with Gasteiger partial charge in [0, 0.05) is 32.2 Å². The highest BCUT2D eigenvalue weighted by molar-refractivity contribution is 5.27. The second-order valence-corrected chi connectivity index (χ2v) is 5.71. The first-order valence-corrected chi connectivity index (χ1v) is 6.94. The molecule has 0 saturated carbocycles. The average Bonchev–Trinajstić information content (AvgIpc) is 2.69. The molecule has 4 heteroatoms. The number of hydrogen-bond acceptors (Lipinski definition) is 4. The van der Waals surface area contributed by atoms with E-state index in [1.54, 1.807) is 0 Å². The molecule has 0 bridgehead atoms. The molecule has 2 unspecified atom stereocenters. The van der Waals surface area contributed by atoms with Crippen LogP contribution in [-0.4, -0.2) is 54.2 Å². The van der Waals surface area contributed by atoms with Crippen molar-refractivity contribution in [1.82, 2.24) is 9.80 Å². The first-order valence-electron chi connectivity index (χ1n) is 6.94. The summed E-state index contributed by atoms with van der Waals surface area (Å²) in [6.45, 7) is 3.20. The Morgan fingerprint density at radius 2 is 2.00 bits per heavy atom. The van der Waals surface area contributed by atoms with Gasteiger partial charge in [-0.3, -0.25) is 4.90 Å². The van der Waals surface area contributed by atoms with Crippen molar-refractivity contribution in [3.05, 3.63) is 35.4 Å². The average molecular weight is 263 g/mol. The van der Waals surface area contributed by atoms with Crippen LogP contribution in [0.15, 0.2) is 24.3 Å². The van der Waals surface area contributed by atoms with E-state index in [0.29, 0.717) is 12.6 Å². The van der Waals surface area contributed by atoms with Gasteiger partial charge in [-0.2, -0.15) is 0 Å². The van der Waals surface area contributed by atoms with E-state index >= 15 is 0 Å². The number of β-amino-alcohol motifs (C(OH)–C–C–N with tert-alkyl or cyclic N) is 1. The molecule has 1 aromatic rings. The summed E-state index contributed by atoms with van der Waals surface area (Å²) < 4.78 is 0. The fraction of sp³-hybridized carbons (Fsp3) is 0.600. The lowest BCUT2D eigenvalue weighted by atomic mass is 10.1. The minimum Gasteiger partial charge on any atom is -0.392 e. The lowest BCUT2D eigenvalue weighted by Gasteiger charge is -2.27. The van der Waals surface area contributed by atoms with Gasteiger partial charge in [-0.1, -0.05) is 24.3 Å². The van der Waals surface area contributed by atoms with Crippen molar-refractivity contribution < 1.29 is 5.11 Å². The largest absolute Gasteiger partial charge is 0.392 e. The van der Waals surface area contributed by atoms with Gasteiger partial charge in [0.1, 0.15) is 0 Å². The van der Waals surface area contributed by atoms with Gasteiger partial charge in [-0.15, -0.1) is 0 Å². The van der Waals surface area contributed by atoms with E-state index in [-0.39, 0.29) is 6.10 Å². The van der Waals surface area contributed by atoms with Gasteiger partial charge in [0.2, 0.25) is 0 Å². The normalized spacial score (nSPS) is 24.3. The second-order valence-electron chi connectivity index (χ2n) is 5.71. The number of rotatable bonds is 5. The predicted octanol–water partition coefficient (Wildman–Crippen LogP) is 0.642. The van der Waals surface area contributed by atoms with Crippen molar-refractivity contribution in [2.45, 2.75) is 31.7 Å². The number of aliphatic hydroxyl groups excluding tert-OH is 1. The molecule has 106 valence electrons. The van der Waals surface area contributed by atoms with Crippen LogP contribution in [0.1, 0.15) is 17.5 Å². The van der Waals surface area contributed by atoms with Gasteiger partial charge in [0.05, 0.1) is 6.10 Å². The third kappa shape index (κ3) is 3.76. The Labute approximate surface area is 115 Å². The molecule has 1 aliphatic heterocycles. The quantitative estimate of drug-likeness (QED) is 0.819. The molecule has 1 aromatic carbocycles. The second kappa shape index (κ2) is 6.48. The molecular formula is C15H25N3O. The molecule has 1 heterocycles. The molecule has 0 aromatic heterocycles. The summed E-state index contributed by atoms with van der Waals surface area (Å²) in [7, 11) is 4.16. The lowest BCUT2D eigenvalue weighted by Crippen LogP contribution is -2.37. The number of nitrogens with zero attached hydrogens (tertiary/aromatic N) is 2. The number of benzene rings is 1. The zero-order chi connectivity index (χ0) is 13.8. The van der Waals surface area contributed by atoms with Crippen LogP contribution in [0.3, 0.4) is 0 Å². The number of likely N-dealkylation sites (tertiary alicyclic amines) is 1. The Bertz CT molecular complexity index is 408. The highest BCUT2D eigenvalue weighted by Gasteiger charge is 2.31. The maximum absolute atomic E-state index is 9.90. The molecule has 2 rings (SSSR count). The Morgan fingerprint density at radius 3 is 2.63 bits per heavy atom. The first-order chi connectivity index (χ1) is 9.10. The van der Waals surface area contributed by atoms with E-state index in [1.165, 1.54) is 11.1 Å². The molecule has 0 radical (unpaired) electrons. The van der Waals surface area contributed by atoms with Crippen LogP contribution >= 0.6 is 0 Å². The minimum atomic E-state index is -0.199. The smallest absolute Gasteiger partial charge is 0.0682 e. The molecule has 1 saturated heterocycles. The standard InChI is InChI=1S/C15H25N3O/c1-17(2)10-14-7-15(19)11-18(14)9-13-6-4-3-5-12(13)8-16/h3-6,14-15,19H,7-11,16H2,1-2H3. The van der Waals surface area contributed by atoms with Crippen molar-refractivity contribution in [3.63, 3.8) is 0 Å². The molecular weight excluding hydrogens is 238 g/mol. The molecule has 1 aliphatic rings.